The number of rotatable bonds is 10. The van der Waals surface area contributed by atoms with Gasteiger partial charge in [-0.2, -0.15) is 0 Å². The van der Waals surface area contributed by atoms with Crippen LogP contribution in [-0.2, 0) is 15.3 Å². The van der Waals surface area contributed by atoms with Gasteiger partial charge in [0.1, 0.15) is 0 Å². The second kappa shape index (κ2) is 15.7. The molecule has 0 bridgehead atoms. The van der Waals surface area contributed by atoms with E-state index in [1.165, 1.54) is 18.2 Å². The van der Waals surface area contributed by atoms with Gasteiger partial charge in [0.25, 0.3) is 11.7 Å². The van der Waals surface area contributed by atoms with E-state index in [4.69, 9.17) is 27.9 Å². The summed E-state index contributed by atoms with van der Waals surface area (Å²) in [6.45, 7) is 8.19. The molecular weight excluding hydrogens is 553 g/mol. The van der Waals surface area contributed by atoms with Gasteiger partial charge in [0.2, 0.25) is 5.91 Å². The number of fused-ring (bicyclic) bond motifs is 1. The van der Waals surface area contributed by atoms with Gasteiger partial charge in [-0.1, -0.05) is 61.3 Å². The maximum atomic E-state index is 11.2. The highest BCUT2D eigenvalue weighted by Crippen LogP contribution is 2.38. The van der Waals surface area contributed by atoms with Crippen LogP contribution in [0, 0.1) is 0 Å². The molecule has 1 amide bonds. The molecule has 0 aromatic heterocycles. The fraction of sp³-hybridized carbons (Fsp3) is 0.500. The first-order chi connectivity index (χ1) is 18.3. The minimum Gasteiger partial charge on any atom is -0.385 e. The number of nitrogens with zero attached hydrogens (tertiary/aromatic N) is 1. The number of anilines is 2. The molecular formula is C26H39Cl2N3O8. The van der Waals surface area contributed by atoms with Gasteiger partial charge in [0, 0.05) is 51.0 Å². The maximum Gasteiger partial charge on any atom is 0.305 e. The lowest BCUT2D eigenvalue weighted by Gasteiger charge is -2.38. The van der Waals surface area contributed by atoms with E-state index in [2.05, 4.69) is 10.6 Å². The Morgan fingerprint density at radius 1 is 1.03 bits per heavy atom. The zero-order valence-electron chi connectivity index (χ0n) is 22.5. The Labute approximate surface area is 238 Å². The smallest absolute Gasteiger partial charge is 0.305 e. The molecule has 1 aliphatic heterocycles. The standard InChI is InChI=1S/C15H24Cl2N2O3.C9H9NO5.C2H6/c1-3-19(13-7-4-6-12(16)14(13)17)10-9-18-15(20,21)8-5-11-22-2;11-7-9(14,15)8(12,13)5-3-1-2-4-6(5)10-7;1-2/h4,6-7,18,20-21H,3,5,8-11H2,1-2H3;1-4,12-15H,(H,10,11);1-2H3. The number of likely N-dealkylation sites (N-methyl/N-ethyl adjacent to an activating group) is 1. The van der Waals surface area contributed by atoms with Crippen LogP contribution >= 0.6 is 23.2 Å². The Kier molecular flexibility index (Phi) is 14.1. The van der Waals surface area contributed by atoms with Crippen molar-refractivity contribution in [3.63, 3.8) is 0 Å². The first-order valence-corrected chi connectivity index (χ1v) is 13.2. The van der Waals surface area contributed by atoms with E-state index in [9.17, 15) is 35.4 Å². The van der Waals surface area contributed by atoms with E-state index < -0.39 is 23.4 Å². The van der Waals surface area contributed by atoms with Crippen molar-refractivity contribution < 1.29 is 40.2 Å². The van der Waals surface area contributed by atoms with Crippen molar-refractivity contribution in [1.82, 2.24) is 5.32 Å². The molecule has 1 heterocycles. The number of hydrogen-bond acceptors (Lipinski definition) is 10. The van der Waals surface area contributed by atoms with Crippen LogP contribution in [-0.4, -0.2) is 81.6 Å². The molecule has 8 N–H and O–H groups in total. The van der Waals surface area contributed by atoms with Crippen LogP contribution in [0.15, 0.2) is 42.5 Å². The zero-order chi connectivity index (χ0) is 29.9. The molecule has 0 saturated carbocycles. The third kappa shape index (κ3) is 9.25. The lowest BCUT2D eigenvalue weighted by Crippen LogP contribution is -2.62. The second-order valence-electron chi connectivity index (χ2n) is 8.34. The summed E-state index contributed by atoms with van der Waals surface area (Å²) in [6.07, 6.45) is 0.763. The summed E-state index contributed by atoms with van der Waals surface area (Å²) in [4.78, 5) is 13.2. The number of carbonyl (C=O) groups excluding carboxylic acids is 1. The number of methoxy groups -OCH3 is 1. The molecule has 0 spiro atoms. The molecule has 0 saturated heterocycles. The second-order valence-corrected chi connectivity index (χ2v) is 9.12. The number of halogens is 2. The molecule has 1 aliphatic rings. The minimum absolute atomic E-state index is 0.131. The fourth-order valence-corrected chi connectivity index (χ4v) is 3.99. The summed E-state index contributed by atoms with van der Waals surface area (Å²) in [7, 11) is 1.58. The summed E-state index contributed by atoms with van der Waals surface area (Å²) in [6, 6.07) is 11.2. The van der Waals surface area contributed by atoms with E-state index in [0.717, 1.165) is 12.2 Å². The summed E-state index contributed by atoms with van der Waals surface area (Å²) >= 11 is 12.2. The molecule has 39 heavy (non-hydrogen) atoms. The summed E-state index contributed by atoms with van der Waals surface area (Å²) in [5.74, 6) is -9.46. The molecule has 0 unspecified atom stereocenters. The van der Waals surface area contributed by atoms with Crippen LogP contribution in [0.5, 0.6) is 0 Å². The number of aliphatic hydroxyl groups is 6. The minimum atomic E-state index is -3.26. The Morgan fingerprint density at radius 2 is 1.67 bits per heavy atom. The van der Waals surface area contributed by atoms with Crippen molar-refractivity contribution in [2.45, 2.75) is 51.1 Å². The van der Waals surface area contributed by atoms with E-state index in [1.807, 2.05) is 37.8 Å². The number of carbonyl (C=O) groups is 1. The van der Waals surface area contributed by atoms with Crippen molar-refractivity contribution >= 4 is 40.5 Å². The quantitative estimate of drug-likeness (QED) is 0.150. The number of ether oxygens (including phenoxy) is 1. The number of amides is 1. The summed E-state index contributed by atoms with van der Waals surface area (Å²) in [5.41, 5.74) is 0.792. The zero-order valence-corrected chi connectivity index (χ0v) is 24.0. The van der Waals surface area contributed by atoms with Gasteiger partial charge in [-0.3, -0.25) is 10.1 Å². The van der Waals surface area contributed by atoms with Crippen LogP contribution in [0.25, 0.3) is 0 Å². The SMILES string of the molecule is CC.CCN(CCNC(O)(O)CCCOC)c1cccc(Cl)c1Cl.O=C1Nc2ccccc2C(O)(O)C1(O)O. The number of hydrogen-bond donors (Lipinski definition) is 8. The van der Waals surface area contributed by atoms with E-state index >= 15 is 0 Å². The summed E-state index contributed by atoms with van der Waals surface area (Å²) in [5, 5.41) is 63.1. The predicted octanol–water partition coefficient (Wildman–Crippen LogP) is 1.96. The topological polar surface area (TPSA) is 175 Å². The molecule has 2 aromatic carbocycles. The van der Waals surface area contributed by atoms with Gasteiger partial charge >= 0.3 is 5.79 Å². The monoisotopic (exact) mass is 591 g/mol. The summed E-state index contributed by atoms with van der Waals surface area (Å²) < 4.78 is 4.89. The molecule has 0 fully saturated rings. The molecule has 13 heteroatoms. The fourth-order valence-electron chi connectivity index (χ4n) is 3.58. The lowest BCUT2D eigenvalue weighted by molar-refractivity contribution is -0.345. The van der Waals surface area contributed by atoms with Crippen LogP contribution in [0.1, 0.15) is 39.2 Å². The molecule has 0 aliphatic carbocycles. The average Bonchev–Trinajstić information content (AvgIpc) is 2.89. The van der Waals surface area contributed by atoms with Crippen LogP contribution in [0.3, 0.4) is 0 Å². The Bertz CT molecular complexity index is 1050. The molecule has 11 nitrogen and oxygen atoms in total. The third-order valence-corrected chi connectivity index (χ3v) is 6.48. The Balaban J connectivity index is 0.000000388. The van der Waals surface area contributed by atoms with Gasteiger partial charge in [-0.15, -0.1) is 0 Å². The molecule has 2 aromatic rings. The van der Waals surface area contributed by atoms with E-state index in [1.54, 1.807) is 19.2 Å². The number of nitrogens with one attached hydrogen (secondary N) is 2. The molecule has 3 rings (SSSR count). The van der Waals surface area contributed by atoms with Crippen LogP contribution in [0.2, 0.25) is 10.0 Å². The van der Waals surface area contributed by atoms with E-state index in [0.29, 0.717) is 36.2 Å². The number of benzene rings is 2. The van der Waals surface area contributed by atoms with Crippen molar-refractivity contribution in [2.24, 2.45) is 0 Å². The van der Waals surface area contributed by atoms with Crippen molar-refractivity contribution in [3.8, 4) is 0 Å². The average molecular weight is 593 g/mol. The first kappa shape index (κ1) is 35.0. The molecule has 0 radical (unpaired) electrons. The maximum absolute atomic E-state index is 11.2. The molecule has 0 atom stereocenters. The van der Waals surface area contributed by atoms with Gasteiger partial charge in [0.05, 0.1) is 15.7 Å². The van der Waals surface area contributed by atoms with Crippen LogP contribution < -0.4 is 15.5 Å². The van der Waals surface area contributed by atoms with Crippen molar-refractivity contribution in [1.29, 1.82) is 0 Å². The Hall–Kier alpha value is -2.03. The largest absolute Gasteiger partial charge is 0.385 e. The van der Waals surface area contributed by atoms with Crippen molar-refractivity contribution in [3.05, 3.63) is 58.1 Å². The van der Waals surface area contributed by atoms with Gasteiger partial charge in [0.15, 0.2) is 0 Å². The highest BCUT2D eigenvalue weighted by Gasteiger charge is 2.58. The van der Waals surface area contributed by atoms with E-state index in [-0.39, 0.29) is 17.7 Å². The predicted molar refractivity (Wildman–Crippen MR) is 150 cm³/mol. The highest BCUT2D eigenvalue weighted by molar-refractivity contribution is 6.43. The van der Waals surface area contributed by atoms with Gasteiger partial charge in [-0.05, 0) is 31.5 Å². The number of para-hydroxylation sites is 1. The van der Waals surface area contributed by atoms with Crippen LogP contribution in [0.4, 0.5) is 11.4 Å². The third-order valence-electron chi connectivity index (χ3n) is 5.67. The highest BCUT2D eigenvalue weighted by atomic mass is 35.5. The lowest BCUT2D eigenvalue weighted by atomic mass is 9.91. The van der Waals surface area contributed by atoms with Crippen molar-refractivity contribution in [2.75, 3.05) is 43.6 Å². The van der Waals surface area contributed by atoms with Gasteiger partial charge in [-0.25, -0.2) is 0 Å². The first-order valence-electron chi connectivity index (χ1n) is 12.5. The van der Waals surface area contributed by atoms with Gasteiger partial charge < -0.3 is 45.6 Å². The normalized spacial score (nSPS) is 15.1. The Morgan fingerprint density at radius 3 is 2.28 bits per heavy atom. The molecule has 220 valence electrons.